The Morgan fingerprint density at radius 1 is 0.676 bits per heavy atom. The summed E-state index contributed by atoms with van der Waals surface area (Å²) in [4.78, 5) is 40.5. The van der Waals surface area contributed by atoms with Gasteiger partial charge in [-0.2, -0.15) is 13.2 Å². The summed E-state index contributed by atoms with van der Waals surface area (Å²) in [6.07, 6.45) is 1.03. The van der Waals surface area contributed by atoms with E-state index in [9.17, 15) is 41.8 Å². The first kappa shape index (κ1) is 59.2. The molecule has 2 aliphatic carbocycles. The molecule has 1 amide bonds. The van der Waals surface area contributed by atoms with Gasteiger partial charge in [0.2, 0.25) is 0 Å². The molecule has 2 aromatic heterocycles. The number of alkyl halides is 3. The van der Waals surface area contributed by atoms with Crippen molar-refractivity contribution in [1.29, 1.82) is 0 Å². The fourth-order valence-electron chi connectivity index (χ4n) is 7.76. The number of aliphatic carboxylic acids is 1. The van der Waals surface area contributed by atoms with Gasteiger partial charge in [-0.15, -0.1) is 0 Å². The molecule has 6 atom stereocenters. The van der Waals surface area contributed by atoms with Gasteiger partial charge in [-0.1, -0.05) is 58.5 Å². The number of rotatable bonds is 15. The van der Waals surface area contributed by atoms with Crippen LogP contribution in [-0.2, 0) is 4.79 Å². The first-order chi connectivity index (χ1) is 35.0. The predicted molar refractivity (Wildman–Crippen MR) is 271 cm³/mol. The van der Waals surface area contributed by atoms with Crippen LogP contribution in [0.25, 0.3) is 21.8 Å². The molecule has 0 radical (unpaired) electrons. The van der Waals surface area contributed by atoms with Crippen LogP contribution in [0.1, 0.15) is 72.3 Å². The number of aliphatic hydroxyl groups excluding tert-OH is 2. The molecule has 14 nitrogen and oxygen atoms in total. The number of nitrogens with two attached hydrogens (primary N) is 1. The summed E-state index contributed by atoms with van der Waals surface area (Å²) >= 11 is 23.0. The molecule has 0 aliphatic heterocycles. The van der Waals surface area contributed by atoms with Crippen molar-refractivity contribution in [3.05, 3.63) is 140 Å². The lowest BCUT2D eigenvalue weighted by Gasteiger charge is -2.18. The number of aromatic nitrogens is 2. The number of ether oxygens (including phenoxy) is 2. The molecular formula is C51H52Cl4F5N5O9. The van der Waals surface area contributed by atoms with E-state index in [0.29, 0.717) is 57.7 Å². The molecule has 0 bridgehead atoms. The molecule has 6 aromatic rings. The largest absolute Gasteiger partial charge is 0.491 e. The fourth-order valence-corrected chi connectivity index (χ4v) is 8.36. The van der Waals surface area contributed by atoms with Gasteiger partial charge in [0.1, 0.15) is 53.8 Å². The van der Waals surface area contributed by atoms with Gasteiger partial charge in [0.25, 0.3) is 5.91 Å². The third-order valence-electron chi connectivity index (χ3n) is 11.6. The van der Waals surface area contributed by atoms with Crippen LogP contribution in [0, 0.1) is 17.6 Å². The van der Waals surface area contributed by atoms with Gasteiger partial charge < -0.3 is 46.3 Å². The van der Waals surface area contributed by atoms with Gasteiger partial charge in [0, 0.05) is 57.6 Å². The zero-order valence-electron chi connectivity index (χ0n) is 39.2. The van der Waals surface area contributed by atoms with E-state index >= 15 is 0 Å². The number of carbonyl (C=O) groups is 3. The van der Waals surface area contributed by atoms with E-state index in [2.05, 4.69) is 20.6 Å². The maximum Gasteiger partial charge on any atom is 0.490 e. The van der Waals surface area contributed by atoms with E-state index in [4.69, 9.17) is 76.6 Å². The number of halogens is 9. The van der Waals surface area contributed by atoms with Crippen LogP contribution >= 0.6 is 46.4 Å². The van der Waals surface area contributed by atoms with Gasteiger partial charge in [-0.25, -0.2) is 28.3 Å². The van der Waals surface area contributed by atoms with E-state index in [0.717, 1.165) is 61.2 Å². The summed E-state index contributed by atoms with van der Waals surface area (Å²) in [6, 6.07) is 26.1. The number of fused-ring (bicyclic) bond motifs is 2. The maximum atomic E-state index is 13.4. The Morgan fingerprint density at radius 2 is 1.19 bits per heavy atom. The Kier molecular flexibility index (Phi) is 22.7. The van der Waals surface area contributed by atoms with Gasteiger partial charge in [-0.3, -0.25) is 4.79 Å². The normalized spacial score (nSPS) is 17.9. The molecule has 4 aromatic carbocycles. The average Bonchev–Trinajstić information content (AvgIpc) is 4.00. The van der Waals surface area contributed by atoms with Crippen LogP contribution < -0.4 is 25.8 Å². The first-order valence-corrected chi connectivity index (χ1v) is 24.5. The highest BCUT2D eigenvalue weighted by Crippen LogP contribution is 2.29. The van der Waals surface area contributed by atoms with Gasteiger partial charge in [0.15, 0.2) is 0 Å². The van der Waals surface area contributed by atoms with E-state index in [1.165, 1.54) is 30.3 Å². The molecule has 2 fully saturated rings. The number of aromatic carboxylic acids is 1. The lowest BCUT2D eigenvalue weighted by atomic mass is 9.99. The van der Waals surface area contributed by atoms with Crippen LogP contribution in [-0.4, -0.2) is 105 Å². The van der Waals surface area contributed by atoms with E-state index in [1.807, 2.05) is 12.1 Å². The Bertz CT molecular complexity index is 2860. The van der Waals surface area contributed by atoms with E-state index < -0.39 is 42.0 Å². The van der Waals surface area contributed by atoms with E-state index in [-0.39, 0.29) is 46.9 Å². The number of carboxylic acids is 2. The third-order valence-corrected chi connectivity index (χ3v) is 12.6. The monoisotopic (exact) mass is 1110 g/mol. The predicted octanol–water partition coefficient (Wildman–Crippen LogP) is 10.7. The van der Waals surface area contributed by atoms with Crippen molar-refractivity contribution in [3.8, 4) is 11.5 Å². The van der Waals surface area contributed by atoms with Gasteiger partial charge in [0.05, 0.1) is 27.2 Å². The number of carbonyl (C=O) groups excluding carboxylic acids is 1. The van der Waals surface area contributed by atoms with Crippen LogP contribution in [0.3, 0.4) is 0 Å². The fraction of sp³-hybridized carbons (Fsp3) is 0.353. The van der Waals surface area contributed by atoms with Crippen molar-refractivity contribution < 1.29 is 66.2 Å². The topological polar surface area (TPSA) is 226 Å². The van der Waals surface area contributed by atoms with Crippen molar-refractivity contribution in [2.24, 2.45) is 11.7 Å². The zero-order valence-corrected chi connectivity index (χ0v) is 42.2. The van der Waals surface area contributed by atoms with E-state index in [1.54, 1.807) is 54.6 Å². The summed E-state index contributed by atoms with van der Waals surface area (Å²) in [5.74, 6) is -3.76. The smallest absolute Gasteiger partial charge is 0.490 e. The minimum atomic E-state index is -5.08. The van der Waals surface area contributed by atoms with Gasteiger partial charge in [-0.05, 0) is 130 Å². The number of pyridine rings is 2. The lowest BCUT2D eigenvalue weighted by molar-refractivity contribution is -0.192. The van der Waals surface area contributed by atoms with Gasteiger partial charge >= 0.3 is 18.1 Å². The Balaban J connectivity index is 0.000000209. The molecule has 2 heterocycles. The molecule has 8 rings (SSSR count). The number of hydrogen-bond acceptors (Lipinski definition) is 11. The molecule has 74 heavy (non-hydrogen) atoms. The summed E-state index contributed by atoms with van der Waals surface area (Å²) in [5, 5.41) is 45.3. The Labute approximate surface area is 441 Å². The minimum Gasteiger partial charge on any atom is -0.491 e. The number of benzene rings is 4. The summed E-state index contributed by atoms with van der Waals surface area (Å²) in [5.41, 5.74) is 7.62. The Morgan fingerprint density at radius 3 is 1.69 bits per heavy atom. The number of aliphatic hydroxyl groups is 2. The van der Waals surface area contributed by atoms with Crippen LogP contribution in [0.2, 0.25) is 20.1 Å². The molecule has 2 saturated carbocycles. The number of nitrogens with one attached hydrogen (secondary N) is 2. The standard InChI is InChI=1S/C24H24Cl2FN3O3.C15H21ClFNO2.C10H6ClNO2.C2HF3O2/c25-15-2-8-22-14(9-15)1-7-23(30-22)24(32)29-17-4-3-16(10-17)28-12-18(31)13-33-19-5-6-20(26)21(27)11-19;16-14-6-5-13(8-15(14)17)20-9-12(19)4-2-10-1-3-11(18)7-10;11-7-2-4-8-6(5-7)1-3-9(12-8)10(13)14;3-2(4,5)1(6)7/h1-2,5-9,11,16-18,28,31H,3-4,10,12-13H2,(H,29,32);5-6,8,10-12,19H,1-4,7,9,18H2;1-5H,(H,13,14);(H,6,7)/t16-,17-,18?;10-,11+,12?;;/m01../s1. The molecule has 398 valence electrons. The lowest BCUT2D eigenvalue weighted by Crippen LogP contribution is -2.39. The van der Waals surface area contributed by atoms with Crippen molar-refractivity contribution in [3.63, 3.8) is 0 Å². The minimum absolute atomic E-state index is 0.0220. The van der Waals surface area contributed by atoms with Crippen molar-refractivity contribution >= 4 is 86.1 Å². The van der Waals surface area contributed by atoms with Crippen molar-refractivity contribution in [2.75, 3.05) is 19.8 Å². The second-order valence-corrected chi connectivity index (χ2v) is 19.0. The number of nitrogens with zero attached hydrogens (tertiary/aromatic N) is 2. The number of carboxylic acid groups (broad SMARTS) is 2. The first-order valence-electron chi connectivity index (χ1n) is 23.0. The summed E-state index contributed by atoms with van der Waals surface area (Å²) < 4.78 is 69.2. The quantitative estimate of drug-likeness (QED) is 0.0476. The molecular weight excluding hydrogens is 1060 g/mol. The molecule has 2 unspecified atom stereocenters. The second kappa shape index (κ2) is 28.3. The molecule has 2 aliphatic rings. The van der Waals surface area contributed by atoms with Crippen LogP contribution in [0.15, 0.2) is 97.1 Å². The molecule has 0 saturated heterocycles. The van der Waals surface area contributed by atoms with Crippen LogP contribution in [0.4, 0.5) is 22.0 Å². The highest BCUT2D eigenvalue weighted by atomic mass is 35.5. The average molecular weight is 1120 g/mol. The highest BCUT2D eigenvalue weighted by molar-refractivity contribution is 6.32. The highest BCUT2D eigenvalue weighted by Gasteiger charge is 2.38. The number of hydrogen-bond donors (Lipinski definition) is 7. The molecule has 0 spiro atoms. The number of amides is 1. The zero-order chi connectivity index (χ0) is 54.1. The second-order valence-electron chi connectivity index (χ2n) is 17.4. The third kappa shape index (κ3) is 19.6. The van der Waals surface area contributed by atoms with Crippen molar-refractivity contribution in [1.82, 2.24) is 20.6 Å². The molecule has 23 heteroatoms. The van der Waals surface area contributed by atoms with Crippen LogP contribution in [0.5, 0.6) is 11.5 Å². The summed E-state index contributed by atoms with van der Waals surface area (Å²) in [6.45, 7) is 0.524. The maximum absolute atomic E-state index is 13.4. The molecule has 8 N–H and O–H groups in total. The van der Waals surface area contributed by atoms with Crippen molar-refractivity contribution in [2.45, 2.75) is 87.9 Å². The Hall–Kier alpha value is -5.64. The summed E-state index contributed by atoms with van der Waals surface area (Å²) in [7, 11) is 0. The SMILES string of the molecule is N[C@H]1CC[C@H](CCC(O)COc2ccc(Cl)c(F)c2)C1.O=C(N[C@H]1CC[C@H](NCC(O)COc2ccc(Cl)c(F)c2)C1)c1ccc2cc(Cl)ccc2n1.O=C(O)C(F)(F)F.O=C(O)c1ccc2cc(Cl)ccc2n1.